The summed E-state index contributed by atoms with van der Waals surface area (Å²) in [5.74, 6) is 0.783. The number of carbonyl (C=O) groups is 1. The van der Waals surface area contributed by atoms with Gasteiger partial charge in [0.15, 0.2) is 6.10 Å². The van der Waals surface area contributed by atoms with E-state index in [0.29, 0.717) is 17.1 Å². The Balaban J connectivity index is 2.48. The maximum Gasteiger partial charge on any atom is 0.268 e. The first kappa shape index (κ1) is 10.8. The number of nitrogens with two attached hydrogens (primary N) is 1. The second-order valence-corrected chi connectivity index (χ2v) is 4.37. The van der Waals surface area contributed by atoms with Crippen molar-refractivity contribution in [3.63, 3.8) is 0 Å². The number of anilines is 2. The molecule has 0 aliphatic carbocycles. The van der Waals surface area contributed by atoms with Gasteiger partial charge in [-0.1, -0.05) is 19.9 Å². The lowest BCUT2D eigenvalue weighted by atomic mass is 10.0. The van der Waals surface area contributed by atoms with Gasteiger partial charge in [-0.15, -0.1) is 0 Å². The summed E-state index contributed by atoms with van der Waals surface area (Å²) in [5.41, 5.74) is 7.08. The lowest BCUT2D eigenvalue weighted by Crippen LogP contribution is -2.46. The van der Waals surface area contributed by atoms with Crippen molar-refractivity contribution in [2.75, 3.05) is 17.7 Å². The summed E-state index contributed by atoms with van der Waals surface area (Å²) in [6.07, 6.45) is -0.417. The summed E-state index contributed by atoms with van der Waals surface area (Å²) in [6, 6.07) is 5.43. The molecule has 0 saturated heterocycles. The molecule has 1 aliphatic rings. The van der Waals surface area contributed by atoms with E-state index in [1.807, 2.05) is 26.0 Å². The van der Waals surface area contributed by atoms with Gasteiger partial charge in [0.2, 0.25) is 0 Å². The Kier molecular flexibility index (Phi) is 2.50. The van der Waals surface area contributed by atoms with Crippen LogP contribution in [0, 0.1) is 5.92 Å². The van der Waals surface area contributed by atoms with Crippen LogP contribution in [-0.2, 0) is 4.79 Å². The van der Waals surface area contributed by atoms with E-state index in [1.165, 1.54) is 0 Å². The monoisotopic (exact) mass is 220 g/mol. The standard InChI is InChI=1S/C12H16N2O2/c1-7(2)11-12(15)14(3)10-8(13)5-4-6-9(10)16-11/h4-7,11H,13H2,1-3H3. The number of nitrogens with zero attached hydrogens (tertiary/aromatic N) is 1. The number of hydrogen-bond acceptors (Lipinski definition) is 3. The predicted octanol–water partition coefficient (Wildman–Crippen LogP) is 1.65. The fraction of sp³-hybridized carbons (Fsp3) is 0.417. The summed E-state index contributed by atoms with van der Waals surface area (Å²) >= 11 is 0. The number of para-hydroxylation sites is 1. The highest BCUT2D eigenvalue weighted by Gasteiger charge is 2.35. The molecule has 1 amide bonds. The quantitative estimate of drug-likeness (QED) is 0.732. The minimum Gasteiger partial charge on any atom is -0.478 e. The molecule has 16 heavy (non-hydrogen) atoms. The maximum absolute atomic E-state index is 12.0. The average molecular weight is 220 g/mol. The Morgan fingerprint density at radius 3 is 2.75 bits per heavy atom. The summed E-state index contributed by atoms with van der Waals surface area (Å²) in [7, 11) is 1.73. The lowest BCUT2D eigenvalue weighted by Gasteiger charge is -2.34. The van der Waals surface area contributed by atoms with E-state index < -0.39 is 6.10 Å². The first-order chi connectivity index (χ1) is 7.52. The molecule has 1 unspecified atom stereocenters. The van der Waals surface area contributed by atoms with Gasteiger partial charge in [-0.2, -0.15) is 0 Å². The van der Waals surface area contributed by atoms with Crippen molar-refractivity contribution in [2.24, 2.45) is 5.92 Å². The van der Waals surface area contributed by atoms with E-state index >= 15 is 0 Å². The molecule has 86 valence electrons. The fourth-order valence-electron chi connectivity index (χ4n) is 1.90. The van der Waals surface area contributed by atoms with Crippen LogP contribution in [0.25, 0.3) is 0 Å². The summed E-state index contributed by atoms with van der Waals surface area (Å²) in [4.78, 5) is 13.6. The molecule has 4 nitrogen and oxygen atoms in total. The SMILES string of the molecule is CC(C)C1Oc2cccc(N)c2N(C)C1=O. The molecule has 0 fully saturated rings. The number of likely N-dealkylation sites (N-methyl/N-ethyl adjacent to an activating group) is 1. The van der Waals surface area contributed by atoms with Crippen LogP contribution in [0.4, 0.5) is 11.4 Å². The van der Waals surface area contributed by atoms with Crippen LogP contribution in [0.1, 0.15) is 13.8 Å². The number of ether oxygens (including phenoxy) is 1. The third-order valence-electron chi connectivity index (χ3n) is 2.80. The molecule has 0 saturated carbocycles. The molecule has 1 atom stereocenters. The smallest absolute Gasteiger partial charge is 0.268 e. The number of hydrogen-bond donors (Lipinski definition) is 1. The Labute approximate surface area is 95.0 Å². The first-order valence-electron chi connectivity index (χ1n) is 5.35. The minimum absolute atomic E-state index is 0.0413. The van der Waals surface area contributed by atoms with Crippen LogP contribution in [0.3, 0.4) is 0 Å². The van der Waals surface area contributed by atoms with Crippen molar-refractivity contribution in [2.45, 2.75) is 20.0 Å². The number of nitrogen functional groups attached to an aromatic ring is 1. The molecule has 0 spiro atoms. The third kappa shape index (κ3) is 1.50. The van der Waals surface area contributed by atoms with Crippen molar-refractivity contribution < 1.29 is 9.53 Å². The normalized spacial score (nSPS) is 19.6. The summed E-state index contributed by atoms with van der Waals surface area (Å²) in [5, 5.41) is 0. The Bertz CT molecular complexity index is 429. The molecule has 2 N–H and O–H groups in total. The minimum atomic E-state index is -0.417. The van der Waals surface area contributed by atoms with E-state index in [9.17, 15) is 4.79 Å². The van der Waals surface area contributed by atoms with Gasteiger partial charge in [-0.3, -0.25) is 4.79 Å². The van der Waals surface area contributed by atoms with Crippen molar-refractivity contribution in [1.82, 2.24) is 0 Å². The second-order valence-electron chi connectivity index (χ2n) is 4.37. The van der Waals surface area contributed by atoms with Crippen LogP contribution in [0.5, 0.6) is 5.75 Å². The zero-order valence-corrected chi connectivity index (χ0v) is 9.73. The molecule has 0 aromatic heterocycles. The molecule has 1 aliphatic heterocycles. The van der Waals surface area contributed by atoms with E-state index in [-0.39, 0.29) is 11.8 Å². The molecular weight excluding hydrogens is 204 g/mol. The highest BCUT2D eigenvalue weighted by atomic mass is 16.5. The number of rotatable bonds is 1. The first-order valence-corrected chi connectivity index (χ1v) is 5.35. The number of benzene rings is 1. The molecule has 0 radical (unpaired) electrons. The molecule has 0 bridgehead atoms. The number of amides is 1. The van der Waals surface area contributed by atoms with Crippen LogP contribution in [0.15, 0.2) is 18.2 Å². The van der Waals surface area contributed by atoms with Gasteiger partial charge in [0.05, 0.1) is 5.69 Å². The molecule has 1 heterocycles. The summed E-state index contributed by atoms with van der Waals surface area (Å²) < 4.78 is 5.69. The predicted molar refractivity (Wildman–Crippen MR) is 63.5 cm³/mol. The van der Waals surface area contributed by atoms with Crippen LogP contribution in [-0.4, -0.2) is 19.1 Å². The van der Waals surface area contributed by atoms with Crippen molar-refractivity contribution >= 4 is 17.3 Å². The zero-order valence-electron chi connectivity index (χ0n) is 9.73. The topological polar surface area (TPSA) is 55.6 Å². The fourth-order valence-corrected chi connectivity index (χ4v) is 1.90. The van der Waals surface area contributed by atoms with Gasteiger partial charge in [0.1, 0.15) is 11.4 Å². The highest BCUT2D eigenvalue weighted by molar-refractivity contribution is 6.02. The van der Waals surface area contributed by atoms with Crippen molar-refractivity contribution in [3.05, 3.63) is 18.2 Å². The van der Waals surface area contributed by atoms with E-state index in [2.05, 4.69) is 0 Å². The van der Waals surface area contributed by atoms with Gasteiger partial charge in [-0.05, 0) is 18.1 Å². The lowest BCUT2D eigenvalue weighted by molar-refractivity contribution is -0.127. The van der Waals surface area contributed by atoms with Crippen molar-refractivity contribution in [3.8, 4) is 5.75 Å². The van der Waals surface area contributed by atoms with Crippen LogP contribution < -0.4 is 15.4 Å². The van der Waals surface area contributed by atoms with Gasteiger partial charge < -0.3 is 15.4 Å². The Morgan fingerprint density at radius 1 is 1.44 bits per heavy atom. The Hall–Kier alpha value is -1.71. The largest absolute Gasteiger partial charge is 0.478 e. The Morgan fingerprint density at radius 2 is 2.12 bits per heavy atom. The molecule has 2 rings (SSSR count). The second kappa shape index (κ2) is 3.70. The zero-order chi connectivity index (χ0) is 11.9. The van der Waals surface area contributed by atoms with Crippen molar-refractivity contribution in [1.29, 1.82) is 0 Å². The molecular formula is C12H16N2O2. The van der Waals surface area contributed by atoms with E-state index in [4.69, 9.17) is 10.5 Å². The molecule has 4 heteroatoms. The molecule has 1 aromatic carbocycles. The maximum atomic E-state index is 12.0. The molecule has 1 aromatic rings. The highest BCUT2D eigenvalue weighted by Crippen LogP contribution is 2.38. The van der Waals surface area contributed by atoms with Gasteiger partial charge in [-0.25, -0.2) is 0 Å². The average Bonchev–Trinajstić information content (AvgIpc) is 2.22. The van der Waals surface area contributed by atoms with E-state index in [0.717, 1.165) is 0 Å². The van der Waals surface area contributed by atoms with E-state index in [1.54, 1.807) is 18.0 Å². The third-order valence-corrected chi connectivity index (χ3v) is 2.80. The summed E-state index contributed by atoms with van der Waals surface area (Å²) in [6.45, 7) is 3.93. The van der Waals surface area contributed by atoms with Gasteiger partial charge in [0, 0.05) is 7.05 Å². The number of carbonyl (C=O) groups excluding carboxylic acids is 1. The van der Waals surface area contributed by atoms with Gasteiger partial charge in [0.25, 0.3) is 5.91 Å². The number of fused-ring (bicyclic) bond motifs is 1. The van der Waals surface area contributed by atoms with Crippen LogP contribution >= 0.6 is 0 Å². The van der Waals surface area contributed by atoms with Gasteiger partial charge >= 0.3 is 0 Å². The van der Waals surface area contributed by atoms with Crippen LogP contribution in [0.2, 0.25) is 0 Å².